The highest BCUT2D eigenvalue weighted by atomic mass is 16.3. The molecule has 10 rings (SSSR count). The molecule has 10 aromatic rings. The molecule has 0 spiro atoms. The zero-order valence-electron chi connectivity index (χ0n) is 54.4. The first-order valence-electron chi connectivity index (χ1n) is 29.4. The lowest BCUT2D eigenvalue weighted by Crippen LogP contribution is -1.92. The molecule has 49 heavy (non-hydrogen) atoms. The van der Waals surface area contributed by atoms with Crippen LogP contribution in [0, 0.1) is 0 Å². The SMILES string of the molecule is [2H]c1c([2H])c([2H])c(-c2c([2H])c([2H])c(-c3c([2H])c([2H])c([2H])c([2H])c3-c3c4c([2H])c([2H])c([2H])c([2H])c4c(-c4c([2H])c([2H])c5oc6c([2H])c7c([2H])c([2H])c([2H])c([2H])c7c([2H])c6c5c4[2H])c4c([2H])c([2H])c([2H])c([2H])c34)c([2H])c2[2H])c([2H])c1[2H]. The van der Waals surface area contributed by atoms with E-state index in [1.165, 1.54) is 0 Å². The molecule has 0 aliphatic heterocycles. The fourth-order valence-electron chi connectivity index (χ4n) is 5.73. The average molecular weight is 653 g/mol. The van der Waals surface area contributed by atoms with Crippen LogP contribution in [0.15, 0.2) is 186 Å². The Labute approximate surface area is 326 Å². The fraction of sp³-hybridized carbons (Fsp3) is 0. The van der Waals surface area contributed by atoms with E-state index in [0.717, 1.165) is 0 Å². The molecular formula is C48H30O. The second kappa shape index (κ2) is 11.1. The molecule has 0 fully saturated rings. The third-order valence-corrected chi connectivity index (χ3v) is 7.82. The number of furan rings is 1. The normalized spacial score (nSPS) is 20.2. The minimum atomic E-state index is -1.14. The highest BCUT2D eigenvalue weighted by Crippen LogP contribution is 2.47. The Kier molecular flexibility index (Phi) is 2.50. The van der Waals surface area contributed by atoms with Gasteiger partial charge in [0.25, 0.3) is 0 Å². The summed E-state index contributed by atoms with van der Waals surface area (Å²) in [5.74, 6) is 0. The average Bonchev–Trinajstić information content (AvgIpc) is 3.92. The number of fused-ring (bicyclic) bond motifs is 6. The molecule has 0 saturated carbocycles. The van der Waals surface area contributed by atoms with Crippen LogP contribution in [0.1, 0.15) is 41.1 Å². The third-order valence-electron chi connectivity index (χ3n) is 7.82. The molecule has 0 aliphatic rings. The van der Waals surface area contributed by atoms with Gasteiger partial charge >= 0.3 is 0 Å². The van der Waals surface area contributed by atoms with Crippen LogP contribution in [0.25, 0.3) is 98.8 Å². The molecule has 9 aromatic carbocycles. The molecular weight excluding hydrogens is 593 g/mol. The smallest absolute Gasteiger partial charge is 0.136 e. The van der Waals surface area contributed by atoms with Crippen molar-refractivity contribution in [2.24, 2.45) is 0 Å². The Morgan fingerprint density at radius 2 is 0.796 bits per heavy atom. The predicted molar refractivity (Wildman–Crippen MR) is 208 cm³/mol. The van der Waals surface area contributed by atoms with Crippen molar-refractivity contribution >= 4 is 54.3 Å². The van der Waals surface area contributed by atoms with E-state index in [4.69, 9.17) is 26.3 Å². The maximum absolute atomic E-state index is 9.88. The molecule has 228 valence electrons. The zero-order valence-corrected chi connectivity index (χ0v) is 24.4. The zero-order chi connectivity index (χ0) is 58.4. The topological polar surface area (TPSA) is 13.1 Å². The van der Waals surface area contributed by atoms with E-state index in [0.29, 0.717) is 0 Å². The van der Waals surface area contributed by atoms with Crippen LogP contribution in [0.5, 0.6) is 0 Å². The van der Waals surface area contributed by atoms with Crippen molar-refractivity contribution in [1.29, 1.82) is 0 Å². The quantitative estimate of drug-likeness (QED) is 0.172. The summed E-state index contributed by atoms with van der Waals surface area (Å²) in [5, 5.41) is -5.32. The number of benzene rings is 9. The molecule has 0 N–H and O–H groups in total. The summed E-state index contributed by atoms with van der Waals surface area (Å²) in [6, 6.07) is -29.3. The highest BCUT2D eigenvalue weighted by molar-refractivity contribution is 6.23. The summed E-state index contributed by atoms with van der Waals surface area (Å²) in [7, 11) is 0. The molecule has 1 heteroatoms. The second-order valence-electron chi connectivity index (χ2n) is 10.5. The van der Waals surface area contributed by atoms with Crippen LogP contribution in [-0.2, 0) is 0 Å². The van der Waals surface area contributed by atoms with Gasteiger partial charge in [0.05, 0.1) is 41.1 Å². The Bertz CT molecular complexity index is 4460. The van der Waals surface area contributed by atoms with Crippen LogP contribution in [0.2, 0.25) is 0 Å². The Morgan fingerprint density at radius 1 is 0.306 bits per heavy atom. The first-order valence-corrected chi connectivity index (χ1v) is 14.4. The molecule has 0 unspecified atom stereocenters. The van der Waals surface area contributed by atoms with E-state index in [-0.39, 0.29) is 0 Å². The molecule has 0 aliphatic carbocycles. The van der Waals surface area contributed by atoms with Crippen LogP contribution < -0.4 is 0 Å². The van der Waals surface area contributed by atoms with Gasteiger partial charge in [0.15, 0.2) is 0 Å². The largest absolute Gasteiger partial charge is 0.456 e. The van der Waals surface area contributed by atoms with E-state index in [1.807, 2.05) is 0 Å². The van der Waals surface area contributed by atoms with Gasteiger partial charge in [0.1, 0.15) is 11.2 Å². The maximum Gasteiger partial charge on any atom is 0.136 e. The number of rotatable bonds is 4. The summed E-state index contributed by atoms with van der Waals surface area (Å²) in [6.45, 7) is 0. The summed E-state index contributed by atoms with van der Waals surface area (Å²) in [4.78, 5) is 0. The summed E-state index contributed by atoms with van der Waals surface area (Å²) in [6.07, 6.45) is 0. The van der Waals surface area contributed by atoms with Crippen molar-refractivity contribution in [1.82, 2.24) is 0 Å². The van der Waals surface area contributed by atoms with Crippen LogP contribution in [-0.4, -0.2) is 0 Å². The Hall–Kier alpha value is -6.44. The van der Waals surface area contributed by atoms with Gasteiger partial charge in [0, 0.05) is 10.8 Å². The predicted octanol–water partition coefficient (Wildman–Crippen LogP) is 13.7. The van der Waals surface area contributed by atoms with Gasteiger partial charge < -0.3 is 4.42 Å². The monoisotopic (exact) mass is 652 g/mol. The van der Waals surface area contributed by atoms with Crippen molar-refractivity contribution in [2.75, 3.05) is 0 Å². The lowest BCUT2D eigenvalue weighted by molar-refractivity contribution is 0.669. The molecule has 1 aromatic heterocycles. The summed E-state index contributed by atoms with van der Waals surface area (Å²) < 4.78 is 276. The van der Waals surface area contributed by atoms with Gasteiger partial charge in [-0.15, -0.1) is 0 Å². The highest BCUT2D eigenvalue weighted by Gasteiger charge is 2.20. The van der Waals surface area contributed by atoms with Gasteiger partial charge in [-0.05, 0) is 101 Å². The van der Waals surface area contributed by atoms with Gasteiger partial charge in [-0.3, -0.25) is 0 Å². The minimum Gasteiger partial charge on any atom is -0.456 e. The van der Waals surface area contributed by atoms with Crippen LogP contribution >= 0.6 is 0 Å². The van der Waals surface area contributed by atoms with E-state index >= 15 is 0 Å². The van der Waals surface area contributed by atoms with Crippen molar-refractivity contribution in [2.45, 2.75) is 0 Å². The molecule has 0 saturated heterocycles. The standard InChI is InChI=1S/C48H30O/c1-2-12-31(13-3-1)32-22-24-33(25-23-32)37-16-6-7-17-38(37)48-41-20-10-8-18-39(41)47(40-19-9-11-21-42(40)48)36-26-27-45-43(29-36)44-28-34-14-4-5-15-35(34)30-46(44)49-45/h1-30H/i1D,2D,3D,4D,5D,6D,7D,8D,9D,10D,11D,12D,13D,14D,15D,16D,17D,18D,19D,20D,21D,22D,23D,24D,25D,26D,27D,28D,29D,30D. The van der Waals surface area contributed by atoms with Crippen molar-refractivity contribution in [3.05, 3.63) is 181 Å². The van der Waals surface area contributed by atoms with Crippen LogP contribution in [0.3, 0.4) is 0 Å². The van der Waals surface area contributed by atoms with Gasteiger partial charge in [-0.1, -0.05) is 157 Å². The molecule has 1 nitrogen and oxygen atoms in total. The third kappa shape index (κ3) is 4.47. The van der Waals surface area contributed by atoms with Gasteiger partial charge in [-0.2, -0.15) is 0 Å². The molecule has 0 atom stereocenters. The number of hydrogen-bond donors (Lipinski definition) is 0. The van der Waals surface area contributed by atoms with Gasteiger partial charge in [0.2, 0.25) is 0 Å². The molecule has 0 amide bonds. The minimum absolute atomic E-state index is 0.470. The van der Waals surface area contributed by atoms with Crippen molar-refractivity contribution in [3.63, 3.8) is 0 Å². The van der Waals surface area contributed by atoms with E-state index in [2.05, 4.69) is 0 Å². The lowest BCUT2D eigenvalue weighted by Gasteiger charge is -2.20. The Morgan fingerprint density at radius 3 is 1.49 bits per heavy atom. The second-order valence-corrected chi connectivity index (χ2v) is 10.5. The molecule has 0 radical (unpaired) electrons. The fourth-order valence-corrected chi connectivity index (χ4v) is 5.73. The lowest BCUT2D eigenvalue weighted by atomic mass is 9.83. The summed E-state index contributed by atoms with van der Waals surface area (Å²) in [5.41, 5.74) is -8.13. The van der Waals surface area contributed by atoms with E-state index in [1.54, 1.807) is 0 Å². The van der Waals surface area contributed by atoms with Crippen LogP contribution in [0.4, 0.5) is 0 Å². The summed E-state index contributed by atoms with van der Waals surface area (Å²) >= 11 is 0. The van der Waals surface area contributed by atoms with E-state index < -0.39 is 280 Å². The van der Waals surface area contributed by atoms with Crippen molar-refractivity contribution in [3.8, 4) is 44.5 Å². The maximum atomic E-state index is 9.88. The number of hydrogen-bond acceptors (Lipinski definition) is 1. The Balaban J connectivity index is 1.48. The first-order chi connectivity index (χ1) is 36.8. The first kappa shape index (κ1) is 11.1. The van der Waals surface area contributed by atoms with Gasteiger partial charge in [-0.25, -0.2) is 0 Å². The molecule has 0 bridgehead atoms. The molecule has 1 heterocycles. The van der Waals surface area contributed by atoms with E-state index in [9.17, 15) is 19.2 Å². The van der Waals surface area contributed by atoms with Crippen molar-refractivity contribution < 1.29 is 45.5 Å².